The fourth-order valence-corrected chi connectivity index (χ4v) is 10.0. The Kier molecular flexibility index (Phi) is 8.33. The Balaban J connectivity index is 1.77. The van der Waals surface area contributed by atoms with E-state index in [9.17, 15) is 14.4 Å². The molecule has 0 aromatic rings. The van der Waals surface area contributed by atoms with Crippen molar-refractivity contribution in [2.24, 2.45) is 44.8 Å². The molecule has 5 nitrogen and oxygen atoms in total. The van der Waals surface area contributed by atoms with Crippen molar-refractivity contribution >= 4 is 17.7 Å². The van der Waals surface area contributed by atoms with Gasteiger partial charge in [-0.05, 0) is 126 Å². The van der Waals surface area contributed by atoms with E-state index in [1.54, 1.807) is 0 Å². The molecule has 4 rings (SSSR count). The van der Waals surface area contributed by atoms with Gasteiger partial charge in [0.05, 0.1) is 6.10 Å². The van der Waals surface area contributed by atoms with Crippen LogP contribution in [0.15, 0.2) is 23.8 Å². The molecule has 0 heterocycles. The fourth-order valence-electron chi connectivity index (χ4n) is 10.0. The molecule has 230 valence electrons. The lowest BCUT2D eigenvalue weighted by molar-refractivity contribution is -0.166. The quantitative estimate of drug-likeness (QED) is 0.250. The molecule has 3 fully saturated rings. The Morgan fingerprint density at radius 2 is 1.66 bits per heavy atom. The summed E-state index contributed by atoms with van der Waals surface area (Å²) < 4.78 is 5.52. The van der Waals surface area contributed by atoms with Crippen LogP contribution in [0.2, 0.25) is 0 Å². The molecule has 8 atom stereocenters. The molecule has 5 heteroatoms. The van der Waals surface area contributed by atoms with Gasteiger partial charge in [-0.3, -0.25) is 14.4 Å². The first kappa shape index (κ1) is 32.0. The molecule has 0 aliphatic heterocycles. The van der Waals surface area contributed by atoms with Gasteiger partial charge < -0.3 is 10.1 Å². The third-order valence-electron chi connectivity index (χ3n) is 12.6. The molecular weight excluding hydrogens is 510 g/mol. The molecule has 0 unspecified atom stereocenters. The smallest absolute Gasteiger partial charge is 0.306 e. The monoisotopic (exact) mass is 567 g/mol. The molecule has 0 bridgehead atoms. The van der Waals surface area contributed by atoms with E-state index in [-0.39, 0.29) is 69.2 Å². The number of rotatable bonds is 7. The summed E-state index contributed by atoms with van der Waals surface area (Å²) in [6.45, 7) is 25.8. The first-order chi connectivity index (χ1) is 18.8. The highest BCUT2D eigenvalue weighted by Gasteiger charge is 2.68. The summed E-state index contributed by atoms with van der Waals surface area (Å²) in [5.74, 6) is 0.390. The number of ketones is 1. The van der Waals surface area contributed by atoms with E-state index in [4.69, 9.17) is 4.74 Å². The lowest BCUT2D eigenvalue weighted by atomic mass is 9.35. The third kappa shape index (κ3) is 5.16. The molecule has 4 aliphatic carbocycles. The number of ether oxygens (including phenoxy) is 1. The number of allylic oxidation sites excluding steroid dienone is 3. The first-order valence-electron chi connectivity index (χ1n) is 16.2. The summed E-state index contributed by atoms with van der Waals surface area (Å²) in [5.41, 5.74) is 1.33. The number of fused-ring (bicyclic) bond motifs is 5. The second-order valence-corrected chi connectivity index (χ2v) is 16.3. The van der Waals surface area contributed by atoms with Crippen molar-refractivity contribution in [3.05, 3.63) is 23.8 Å². The van der Waals surface area contributed by atoms with Gasteiger partial charge in [-0.1, -0.05) is 52.3 Å². The number of nitrogens with one attached hydrogen (secondary N) is 1. The van der Waals surface area contributed by atoms with E-state index in [1.807, 2.05) is 33.8 Å². The van der Waals surface area contributed by atoms with E-state index in [1.165, 1.54) is 5.57 Å². The molecule has 4 aliphatic rings. The van der Waals surface area contributed by atoms with E-state index < -0.39 is 5.41 Å². The van der Waals surface area contributed by atoms with Crippen molar-refractivity contribution in [2.75, 3.05) is 0 Å². The summed E-state index contributed by atoms with van der Waals surface area (Å²) in [5, 5.41) is 3.19. The number of carbonyl (C=O) groups excluding carboxylic acids is 3. The van der Waals surface area contributed by atoms with E-state index in [2.05, 4.69) is 53.4 Å². The van der Waals surface area contributed by atoms with Crippen LogP contribution in [0.3, 0.4) is 0 Å². The predicted molar refractivity (Wildman–Crippen MR) is 165 cm³/mol. The second kappa shape index (κ2) is 10.7. The van der Waals surface area contributed by atoms with Gasteiger partial charge in [0, 0.05) is 23.8 Å². The Morgan fingerprint density at radius 3 is 2.24 bits per heavy atom. The average Bonchev–Trinajstić information content (AvgIpc) is 2.84. The lowest BCUT2D eigenvalue weighted by Gasteiger charge is -2.68. The van der Waals surface area contributed by atoms with Crippen molar-refractivity contribution in [1.82, 2.24) is 5.32 Å². The van der Waals surface area contributed by atoms with Gasteiger partial charge in [0.25, 0.3) is 0 Å². The zero-order valence-electron chi connectivity index (χ0n) is 27.7. The van der Waals surface area contributed by atoms with Crippen molar-refractivity contribution in [3.8, 4) is 0 Å². The van der Waals surface area contributed by atoms with Gasteiger partial charge in [0.2, 0.25) is 5.91 Å². The van der Waals surface area contributed by atoms with Crippen molar-refractivity contribution < 1.29 is 19.1 Å². The van der Waals surface area contributed by atoms with Crippen molar-refractivity contribution in [1.29, 1.82) is 0 Å². The van der Waals surface area contributed by atoms with Gasteiger partial charge >= 0.3 is 5.97 Å². The van der Waals surface area contributed by atoms with Crippen LogP contribution < -0.4 is 5.32 Å². The van der Waals surface area contributed by atoms with Crippen LogP contribution in [-0.2, 0) is 19.1 Å². The van der Waals surface area contributed by atoms with Gasteiger partial charge in [-0.15, -0.1) is 0 Å². The summed E-state index contributed by atoms with van der Waals surface area (Å²) in [6, 6.07) is 0.110. The molecule has 0 saturated heterocycles. The normalized spacial score (nSPS) is 42.1. The van der Waals surface area contributed by atoms with Crippen molar-refractivity contribution in [2.45, 2.75) is 139 Å². The van der Waals surface area contributed by atoms with E-state index >= 15 is 0 Å². The standard InChI is InChI=1S/C36H57NO4/c1-22(2)25-12-15-36(11)30(34(25,9)14-13-29(39)41-24(5)6)28(38)20-26-27-21-33(8,31(40)37-23(3)4)17-16-32(27,7)18-19-35(26,36)10/h20,23-25,27,30H,1,12-19,21H2,2-11H3,(H,37,40)/t25-,27-,30+,32+,33-,34-,35+,36+/m0/s1. The summed E-state index contributed by atoms with van der Waals surface area (Å²) in [6.07, 6.45) is 9.64. The van der Waals surface area contributed by atoms with Gasteiger partial charge in [0.1, 0.15) is 0 Å². The molecule has 3 saturated carbocycles. The minimum atomic E-state index is -0.433. The number of hydrogen-bond acceptors (Lipinski definition) is 4. The Bertz CT molecular complexity index is 1140. The van der Waals surface area contributed by atoms with Crippen LogP contribution in [0, 0.1) is 44.8 Å². The van der Waals surface area contributed by atoms with Crippen LogP contribution >= 0.6 is 0 Å². The number of amides is 1. The summed E-state index contributed by atoms with van der Waals surface area (Å²) in [7, 11) is 0. The molecule has 1 amide bonds. The topological polar surface area (TPSA) is 72.5 Å². The van der Waals surface area contributed by atoms with Crippen LogP contribution in [0.4, 0.5) is 0 Å². The summed E-state index contributed by atoms with van der Waals surface area (Å²) in [4.78, 5) is 40.7. The molecule has 0 spiro atoms. The van der Waals surface area contributed by atoms with Crippen LogP contribution in [0.5, 0.6) is 0 Å². The van der Waals surface area contributed by atoms with E-state index in [0.717, 1.165) is 50.5 Å². The minimum absolute atomic E-state index is 0.102. The zero-order valence-corrected chi connectivity index (χ0v) is 27.7. The highest BCUT2D eigenvalue weighted by atomic mass is 16.5. The molecule has 0 aromatic carbocycles. The molecule has 41 heavy (non-hydrogen) atoms. The zero-order chi connectivity index (χ0) is 30.8. The van der Waals surface area contributed by atoms with Crippen molar-refractivity contribution in [3.63, 3.8) is 0 Å². The highest BCUT2D eigenvalue weighted by Crippen LogP contribution is 2.73. The maximum atomic E-state index is 14.6. The maximum Gasteiger partial charge on any atom is 0.306 e. The average molecular weight is 568 g/mol. The first-order valence-corrected chi connectivity index (χ1v) is 16.2. The van der Waals surface area contributed by atoms with E-state index in [0.29, 0.717) is 12.8 Å². The Labute approximate surface area is 249 Å². The summed E-state index contributed by atoms with van der Waals surface area (Å²) >= 11 is 0. The minimum Gasteiger partial charge on any atom is -0.463 e. The molecular formula is C36H57NO4. The fraction of sp³-hybridized carbons (Fsp3) is 0.806. The van der Waals surface area contributed by atoms with Crippen LogP contribution in [0.1, 0.15) is 127 Å². The Morgan fingerprint density at radius 1 is 1.02 bits per heavy atom. The van der Waals surface area contributed by atoms with Crippen LogP contribution in [0.25, 0.3) is 0 Å². The highest BCUT2D eigenvalue weighted by molar-refractivity contribution is 5.96. The van der Waals surface area contributed by atoms with Crippen LogP contribution in [-0.4, -0.2) is 29.8 Å². The number of carbonyl (C=O) groups is 3. The van der Waals surface area contributed by atoms with Gasteiger partial charge in [0.15, 0.2) is 5.78 Å². The Hall–Kier alpha value is -1.91. The van der Waals surface area contributed by atoms with Gasteiger partial charge in [-0.2, -0.15) is 0 Å². The third-order valence-corrected chi connectivity index (χ3v) is 12.6. The SMILES string of the molecule is C=C(C)[C@@H]1CC[C@]2(C)[C@H](C(=O)C=C3[C@@H]4C[C@@](C)(C(=O)NC(C)C)CC[C@]4(C)CC[C@]32C)[C@@]1(C)CCC(=O)OC(C)C. The maximum absolute atomic E-state index is 14.6. The molecule has 0 radical (unpaired) electrons. The largest absolute Gasteiger partial charge is 0.463 e. The number of esters is 1. The number of hydrogen-bond donors (Lipinski definition) is 1. The van der Waals surface area contributed by atoms with Gasteiger partial charge in [-0.25, -0.2) is 0 Å². The lowest BCUT2D eigenvalue weighted by Crippen LogP contribution is -2.63. The molecule has 0 aromatic heterocycles. The predicted octanol–water partition coefficient (Wildman–Crippen LogP) is 7.98. The molecule has 1 N–H and O–H groups in total. The second-order valence-electron chi connectivity index (χ2n) is 16.3.